The molecule has 0 aliphatic rings. The highest BCUT2D eigenvalue weighted by molar-refractivity contribution is 6.30. The second kappa shape index (κ2) is 8.89. The summed E-state index contributed by atoms with van der Waals surface area (Å²) in [4.78, 5) is 24.6. The quantitative estimate of drug-likeness (QED) is 0.619. The van der Waals surface area contributed by atoms with Gasteiger partial charge >= 0.3 is 5.97 Å². The number of benzene rings is 2. The van der Waals surface area contributed by atoms with Gasteiger partial charge in [0, 0.05) is 17.0 Å². The lowest BCUT2D eigenvalue weighted by Crippen LogP contribution is -2.43. The molecule has 0 aliphatic heterocycles. The summed E-state index contributed by atoms with van der Waals surface area (Å²) in [5, 5.41) is 3.26. The molecule has 1 atom stereocenters. The van der Waals surface area contributed by atoms with Crippen molar-refractivity contribution in [2.24, 2.45) is 0 Å². The van der Waals surface area contributed by atoms with E-state index >= 15 is 0 Å². The van der Waals surface area contributed by atoms with Crippen molar-refractivity contribution in [3.63, 3.8) is 0 Å². The zero-order valence-electron chi connectivity index (χ0n) is 13.1. The van der Waals surface area contributed by atoms with E-state index < -0.39 is 12.0 Å². The zero-order chi connectivity index (χ0) is 17.4. The van der Waals surface area contributed by atoms with Crippen molar-refractivity contribution in [2.75, 3.05) is 6.61 Å². The molecule has 1 amide bonds. The second-order valence-corrected chi connectivity index (χ2v) is 5.58. The Bertz CT molecular complexity index is 698. The van der Waals surface area contributed by atoms with E-state index in [4.69, 9.17) is 16.3 Å². The van der Waals surface area contributed by atoms with Gasteiger partial charge in [0.05, 0.1) is 0 Å². The lowest BCUT2D eigenvalue weighted by Gasteiger charge is -2.17. The third kappa shape index (κ3) is 5.25. The summed E-state index contributed by atoms with van der Waals surface area (Å²) in [6, 6.07) is 15.1. The number of amides is 1. The minimum atomic E-state index is -0.782. The molecule has 0 aromatic heterocycles. The van der Waals surface area contributed by atoms with E-state index in [1.165, 1.54) is 6.08 Å². The molecule has 0 radical (unpaired) electrons. The summed E-state index contributed by atoms with van der Waals surface area (Å²) >= 11 is 5.82. The topological polar surface area (TPSA) is 55.4 Å². The average Bonchev–Trinajstić information content (AvgIpc) is 2.60. The van der Waals surface area contributed by atoms with Gasteiger partial charge in [-0.25, -0.2) is 4.79 Å². The fourth-order valence-corrected chi connectivity index (χ4v) is 2.25. The second-order valence-electron chi connectivity index (χ2n) is 5.14. The van der Waals surface area contributed by atoms with Crippen LogP contribution < -0.4 is 5.32 Å². The van der Waals surface area contributed by atoms with Gasteiger partial charge in [-0.2, -0.15) is 0 Å². The summed E-state index contributed by atoms with van der Waals surface area (Å²) in [6.45, 7) is 3.61. The molecule has 0 saturated carbocycles. The molecule has 2 rings (SSSR count). The van der Waals surface area contributed by atoms with Gasteiger partial charge in [-0.05, 0) is 29.8 Å². The predicted octanol–water partition coefficient (Wildman–Crippen LogP) is 3.41. The first-order valence-electron chi connectivity index (χ1n) is 7.48. The highest BCUT2D eigenvalue weighted by Gasteiger charge is 2.23. The van der Waals surface area contributed by atoms with Crippen LogP contribution in [0.15, 0.2) is 67.3 Å². The van der Waals surface area contributed by atoms with Crippen LogP contribution in [0.2, 0.25) is 5.02 Å². The first-order chi connectivity index (χ1) is 11.6. The van der Waals surface area contributed by atoms with Crippen molar-refractivity contribution in [2.45, 2.75) is 12.5 Å². The highest BCUT2D eigenvalue weighted by Crippen LogP contribution is 2.11. The summed E-state index contributed by atoms with van der Waals surface area (Å²) in [6.07, 6.45) is 1.83. The van der Waals surface area contributed by atoms with Crippen molar-refractivity contribution in [3.05, 3.63) is 83.4 Å². The maximum Gasteiger partial charge on any atom is 0.329 e. The number of halogens is 1. The van der Waals surface area contributed by atoms with Crippen LogP contribution in [-0.2, 0) is 16.0 Å². The van der Waals surface area contributed by atoms with Gasteiger partial charge in [0.2, 0.25) is 0 Å². The first kappa shape index (κ1) is 17.8. The Balaban J connectivity index is 2.12. The number of carbonyl (C=O) groups excluding carboxylic acids is 2. The van der Waals surface area contributed by atoms with Gasteiger partial charge in [-0.15, -0.1) is 0 Å². The molecule has 4 nitrogen and oxygen atoms in total. The van der Waals surface area contributed by atoms with E-state index in [1.807, 2.05) is 30.3 Å². The summed E-state index contributed by atoms with van der Waals surface area (Å²) in [5.74, 6) is -0.857. The molecule has 0 aliphatic carbocycles. The van der Waals surface area contributed by atoms with Crippen molar-refractivity contribution in [1.82, 2.24) is 5.32 Å². The number of hydrogen-bond donors (Lipinski definition) is 1. The summed E-state index contributed by atoms with van der Waals surface area (Å²) in [7, 11) is 0. The lowest BCUT2D eigenvalue weighted by molar-refractivity contribution is -0.144. The van der Waals surface area contributed by atoms with Crippen molar-refractivity contribution >= 4 is 23.5 Å². The number of nitrogens with one attached hydrogen (secondary N) is 1. The molecule has 0 unspecified atom stereocenters. The molecule has 0 saturated heterocycles. The molecule has 0 fully saturated rings. The Hall–Kier alpha value is -2.59. The van der Waals surface area contributed by atoms with E-state index in [0.717, 1.165) is 5.56 Å². The monoisotopic (exact) mass is 343 g/mol. The molecule has 2 aromatic rings. The van der Waals surface area contributed by atoms with Gasteiger partial charge in [-0.3, -0.25) is 4.79 Å². The maximum absolute atomic E-state index is 12.4. The van der Waals surface area contributed by atoms with Crippen molar-refractivity contribution in [3.8, 4) is 0 Å². The molecular formula is C19H18ClNO3. The summed E-state index contributed by atoms with van der Waals surface area (Å²) < 4.78 is 5.09. The number of carbonyl (C=O) groups is 2. The van der Waals surface area contributed by atoms with Crippen LogP contribution in [0.3, 0.4) is 0 Å². The van der Waals surface area contributed by atoms with E-state index in [0.29, 0.717) is 17.0 Å². The molecule has 1 N–H and O–H groups in total. The molecular weight excluding hydrogens is 326 g/mol. The largest absolute Gasteiger partial charge is 0.460 e. The lowest BCUT2D eigenvalue weighted by atomic mass is 10.1. The van der Waals surface area contributed by atoms with Crippen LogP contribution in [0.25, 0.3) is 0 Å². The van der Waals surface area contributed by atoms with Gasteiger partial charge in [0.1, 0.15) is 12.6 Å². The van der Waals surface area contributed by atoms with Gasteiger partial charge in [0.25, 0.3) is 5.91 Å². The molecule has 2 aromatic carbocycles. The summed E-state index contributed by atoms with van der Waals surface area (Å²) in [5.41, 5.74) is 1.35. The predicted molar refractivity (Wildman–Crippen MR) is 94.0 cm³/mol. The van der Waals surface area contributed by atoms with Crippen LogP contribution in [-0.4, -0.2) is 24.5 Å². The van der Waals surface area contributed by atoms with Crippen LogP contribution in [0.1, 0.15) is 15.9 Å². The normalized spacial score (nSPS) is 11.4. The molecule has 124 valence electrons. The van der Waals surface area contributed by atoms with E-state index in [2.05, 4.69) is 11.9 Å². The highest BCUT2D eigenvalue weighted by atomic mass is 35.5. The fourth-order valence-electron chi connectivity index (χ4n) is 2.13. The first-order valence-corrected chi connectivity index (χ1v) is 7.86. The van der Waals surface area contributed by atoms with Gasteiger partial charge in [0.15, 0.2) is 0 Å². The van der Waals surface area contributed by atoms with Crippen LogP contribution in [0.5, 0.6) is 0 Å². The van der Waals surface area contributed by atoms with Gasteiger partial charge in [-0.1, -0.05) is 54.6 Å². The SMILES string of the molecule is C=CCOC(=O)[C@@H](Cc1ccccc1)NC(=O)c1ccc(Cl)cc1. The smallest absolute Gasteiger partial charge is 0.329 e. The van der Waals surface area contributed by atoms with Crippen molar-refractivity contribution < 1.29 is 14.3 Å². The molecule has 24 heavy (non-hydrogen) atoms. The number of ether oxygens (including phenoxy) is 1. The Morgan fingerprint density at radius 3 is 2.42 bits per heavy atom. The Kier molecular flexibility index (Phi) is 6.58. The van der Waals surface area contributed by atoms with Crippen LogP contribution >= 0.6 is 11.6 Å². The maximum atomic E-state index is 12.4. The third-order valence-electron chi connectivity index (χ3n) is 3.32. The molecule has 5 heteroatoms. The van der Waals surface area contributed by atoms with E-state index in [1.54, 1.807) is 24.3 Å². The van der Waals surface area contributed by atoms with E-state index in [-0.39, 0.29) is 12.5 Å². The zero-order valence-corrected chi connectivity index (χ0v) is 13.8. The minimum Gasteiger partial charge on any atom is -0.460 e. The molecule has 0 bridgehead atoms. The number of hydrogen-bond acceptors (Lipinski definition) is 3. The fraction of sp³-hybridized carbons (Fsp3) is 0.158. The Morgan fingerprint density at radius 1 is 1.12 bits per heavy atom. The van der Waals surface area contributed by atoms with Crippen molar-refractivity contribution in [1.29, 1.82) is 0 Å². The third-order valence-corrected chi connectivity index (χ3v) is 3.57. The standard InChI is InChI=1S/C19H18ClNO3/c1-2-12-24-19(23)17(13-14-6-4-3-5-7-14)21-18(22)15-8-10-16(20)11-9-15/h2-11,17H,1,12-13H2,(H,21,22)/t17-/m1/s1. The van der Waals surface area contributed by atoms with Crippen LogP contribution in [0.4, 0.5) is 0 Å². The van der Waals surface area contributed by atoms with Crippen LogP contribution in [0, 0.1) is 0 Å². The average molecular weight is 344 g/mol. The minimum absolute atomic E-state index is 0.0982. The molecule has 0 spiro atoms. The van der Waals surface area contributed by atoms with Gasteiger partial charge < -0.3 is 10.1 Å². The Morgan fingerprint density at radius 2 is 1.79 bits per heavy atom. The number of rotatable bonds is 7. The Labute approximate surface area is 146 Å². The van der Waals surface area contributed by atoms with E-state index in [9.17, 15) is 9.59 Å². The number of esters is 1. The molecule has 0 heterocycles.